The first kappa shape index (κ1) is 16.0. The van der Waals surface area contributed by atoms with Gasteiger partial charge >= 0.3 is 0 Å². The van der Waals surface area contributed by atoms with E-state index in [2.05, 4.69) is 10.5 Å². The highest BCUT2D eigenvalue weighted by Crippen LogP contribution is 2.22. The fourth-order valence-electron chi connectivity index (χ4n) is 1.81. The van der Waals surface area contributed by atoms with Gasteiger partial charge in [0.25, 0.3) is 11.6 Å². The van der Waals surface area contributed by atoms with Gasteiger partial charge in [0.2, 0.25) is 0 Å². The third kappa shape index (κ3) is 3.82. The zero-order valence-corrected chi connectivity index (χ0v) is 12.1. The van der Waals surface area contributed by atoms with Crippen LogP contribution in [0.3, 0.4) is 0 Å². The topological polar surface area (TPSA) is 125 Å². The molecule has 0 bridgehead atoms. The molecule has 0 saturated heterocycles. The Hall–Kier alpha value is -3.42. The molecule has 0 spiro atoms. The number of benzene rings is 2. The Morgan fingerprint density at radius 2 is 1.83 bits per heavy atom. The lowest BCUT2D eigenvalue weighted by Gasteiger charge is -2.05. The van der Waals surface area contributed by atoms with E-state index < -0.39 is 10.8 Å². The average Bonchev–Trinajstić information content (AvgIpc) is 2.54. The summed E-state index contributed by atoms with van der Waals surface area (Å²) in [6.07, 6.45) is 0. The second-order valence-corrected chi connectivity index (χ2v) is 4.64. The summed E-state index contributed by atoms with van der Waals surface area (Å²) in [4.78, 5) is 21.9. The van der Waals surface area contributed by atoms with Gasteiger partial charge in [-0.25, -0.2) is 5.43 Å². The lowest BCUT2D eigenvalue weighted by Crippen LogP contribution is -2.19. The number of non-ortho nitro benzene ring substituents is 1. The first-order chi connectivity index (χ1) is 10.9. The number of nitrogens with zero attached hydrogens (tertiary/aromatic N) is 2. The van der Waals surface area contributed by atoms with Crippen LogP contribution in [0.15, 0.2) is 47.6 Å². The third-order valence-corrected chi connectivity index (χ3v) is 3.04. The maximum Gasteiger partial charge on any atom is 0.271 e. The monoisotopic (exact) mass is 315 g/mol. The fraction of sp³-hybridized carbons (Fsp3) is 0.0667. The Balaban J connectivity index is 2.13. The van der Waals surface area contributed by atoms with Gasteiger partial charge in [0, 0.05) is 23.3 Å². The molecule has 0 radical (unpaired) electrons. The smallest absolute Gasteiger partial charge is 0.271 e. The van der Waals surface area contributed by atoms with E-state index in [-0.39, 0.29) is 34.0 Å². The molecule has 0 saturated carbocycles. The van der Waals surface area contributed by atoms with E-state index in [1.807, 2.05) is 0 Å². The first-order valence-electron chi connectivity index (χ1n) is 6.50. The Morgan fingerprint density at radius 3 is 2.43 bits per heavy atom. The van der Waals surface area contributed by atoms with E-state index in [1.54, 1.807) is 6.92 Å². The Bertz CT molecular complexity index is 784. The summed E-state index contributed by atoms with van der Waals surface area (Å²) in [6, 6.07) is 8.99. The van der Waals surface area contributed by atoms with Crippen LogP contribution in [-0.2, 0) is 0 Å². The number of hydrazone groups is 1. The number of carbonyl (C=O) groups excluding carboxylic acids is 1. The third-order valence-electron chi connectivity index (χ3n) is 3.04. The minimum Gasteiger partial charge on any atom is -0.508 e. The molecular formula is C15H13N3O5. The highest BCUT2D eigenvalue weighted by atomic mass is 16.6. The number of carbonyl (C=O) groups is 1. The standard InChI is InChI=1S/C15H13N3O5/c1-9(13-8-12(19)6-7-14(13)20)16-17-15(21)10-2-4-11(5-3-10)18(22)23/h2-8,19-20H,1H3,(H,17,21). The molecule has 2 aromatic carbocycles. The Morgan fingerprint density at radius 1 is 1.17 bits per heavy atom. The highest BCUT2D eigenvalue weighted by Gasteiger charge is 2.10. The summed E-state index contributed by atoms with van der Waals surface area (Å²) in [6.45, 7) is 1.55. The minimum atomic E-state index is -0.561. The predicted octanol–water partition coefficient (Wildman–Crippen LogP) is 2.16. The van der Waals surface area contributed by atoms with Crippen LogP contribution in [0, 0.1) is 10.1 Å². The Labute approximate surface area is 130 Å². The van der Waals surface area contributed by atoms with Gasteiger partial charge in [0.15, 0.2) is 0 Å². The zero-order valence-electron chi connectivity index (χ0n) is 12.1. The van der Waals surface area contributed by atoms with Crippen molar-refractivity contribution in [3.05, 3.63) is 63.7 Å². The summed E-state index contributed by atoms with van der Waals surface area (Å²) in [7, 11) is 0. The minimum absolute atomic E-state index is 0.0472. The number of hydrogen-bond acceptors (Lipinski definition) is 6. The van der Waals surface area contributed by atoms with E-state index in [0.717, 1.165) is 0 Å². The summed E-state index contributed by atoms with van der Waals surface area (Å²) in [5, 5.41) is 33.5. The van der Waals surface area contributed by atoms with Crippen LogP contribution >= 0.6 is 0 Å². The molecule has 23 heavy (non-hydrogen) atoms. The van der Waals surface area contributed by atoms with E-state index in [4.69, 9.17) is 0 Å². The van der Waals surface area contributed by atoms with E-state index in [0.29, 0.717) is 0 Å². The van der Waals surface area contributed by atoms with E-state index >= 15 is 0 Å². The van der Waals surface area contributed by atoms with Gasteiger partial charge in [0.05, 0.1) is 10.6 Å². The molecule has 0 aliphatic heterocycles. The van der Waals surface area contributed by atoms with Gasteiger partial charge in [-0.2, -0.15) is 5.10 Å². The number of phenolic OH excluding ortho intramolecular Hbond substituents is 2. The van der Waals surface area contributed by atoms with Crippen molar-refractivity contribution in [1.82, 2.24) is 5.43 Å². The largest absolute Gasteiger partial charge is 0.508 e. The number of aromatic hydroxyl groups is 2. The maximum absolute atomic E-state index is 11.9. The summed E-state index contributed by atoms with van der Waals surface area (Å²) >= 11 is 0. The van der Waals surface area contributed by atoms with Crippen LogP contribution < -0.4 is 5.43 Å². The molecule has 0 aromatic heterocycles. The molecule has 0 aliphatic rings. The molecule has 118 valence electrons. The van der Waals surface area contributed by atoms with Crippen molar-refractivity contribution in [2.24, 2.45) is 5.10 Å². The molecule has 1 amide bonds. The molecule has 0 heterocycles. The SMILES string of the molecule is CC(=NNC(=O)c1ccc([N+](=O)[O-])cc1)c1cc(O)ccc1O. The van der Waals surface area contributed by atoms with Crippen molar-refractivity contribution in [3.63, 3.8) is 0 Å². The molecule has 2 rings (SSSR count). The number of nitrogens with one attached hydrogen (secondary N) is 1. The molecule has 8 heteroatoms. The number of amides is 1. The van der Waals surface area contributed by atoms with Gasteiger partial charge in [0.1, 0.15) is 11.5 Å². The van der Waals surface area contributed by atoms with Crippen molar-refractivity contribution in [2.75, 3.05) is 0 Å². The van der Waals surface area contributed by atoms with Crippen LogP contribution in [0.2, 0.25) is 0 Å². The second kappa shape index (κ2) is 6.56. The molecule has 0 atom stereocenters. The zero-order chi connectivity index (χ0) is 17.0. The molecular weight excluding hydrogens is 302 g/mol. The van der Waals surface area contributed by atoms with Crippen LogP contribution in [0.1, 0.15) is 22.8 Å². The average molecular weight is 315 g/mol. The van der Waals surface area contributed by atoms with Gasteiger partial charge in [-0.3, -0.25) is 14.9 Å². The van der Waals surface area contributed by atoms with Crippen molar-refractivity contribution in [2.45, 2.75) is 6.92 Å². The number of rotatable bonds is 4. The van der Waals surface area contributed by atoms with Crippen LogP contribution in [0.4, 0.5) is 5.69 Å². The second-order valence-electron chi connectivity index (χ2n) is 4.64. The van der Waals surface area contributed by atoms with Gasteiger partial charge in [-0.15, -0.1) is 0 Å². The number of hydrogen-bond donors (Lipinski definition) is 3. The highest BCUT2D eigenvalue weighted by molar-refractivity contribution is 6.02. The van der Waals surface area contributed by atoms with Crippen molar-refractivity contribution < 1.29 is 19.9 Å². The summed E-state index contributed by atoms with van der Waals surface area (Å²) < 4.78 is 0. The molecule has 3 N–H and O–H groups in total. The summed E-state index contributed by atoms with van der Waals surface area (Å²) in [5.41, 5.74) is 2.92. The van der Waals surface area contributed by atoms with Gasteiger partial charge in [-0.1, -0.05) is 0 Å². The Kier molecular flexibility index (Phi) is 4.55. The lowest BCUT2D eigenvalue weighted by atomic mass is 10.1. The number of phenols is 2. The summed E-state index contributed by atoms with van der Waals surface area (Å²) in [5.74, 6) is -0.693. The van der Waals surface area contributed by atoms with Crippen molar-refractivity contribution in [3.8, 4) is 11.5 Å². The number of nitro groups is 1. The van der Waals surface area contributed by atoms with Crippen molar-refractivity contribution in [1.29, 1.82) is 0 Å². The van der Waals surface area contributed by atoms with Crippen LogP contribution in [-0.4, -0.2) is 26.8 Å². The van der Waals surface area contributed by atoms with Crippen LogP contribution in [0.25, 0.3) is 0 Å². The fourth-order valence-corrected chi connectivity index (χ4v) is 1.81. The van der Waals surface area contributed by atoms with E-state index in [9.17, 15) is 25.1 Å². The maximum atomic E-state index is 11.9. The van der Waals surface area contributed by atoms with Crippen LogP contribution in [0.5, 0.6) is 11.5 Å². The molecule has 8 nitrogen and oxygen atoms in total. The lowest BCUT2D eigenvalue weighted by molar-refractivity contribution is -0.384. The first-order valence-corrected chi connectivity index (χ1v) is 6.50. The van der Waals surface area contributed by atoms with E-state index in [1.165, 1.54) is 42.5 Å². The molecule has 0 aliphatic carbocycles. The number of nitro benzene ring substituents is 1. The van der Waals surface area contributed by atoms with Crippen molar-refractivity contribution >= 4 is 17.3 Å². The quantitative estimate of drug-likeness (QED) is 0.345. The molecule has 2 aromatic rings. The van der Waals surface area contributed by atoms with Gasteiger partial charge < -0.3 is 10.2 Å². The molecule has 0 fully saturated rings. The normalized spacial score (nSPS) is 11.1. The van der Waals surface area contributed by atoms with Gasteiger partial charge in [-0.05, 0) is 37.3 Å². The predicted molar refractivity (Wildman–Crippen MR) is 82.5 cm³/mol. The molecule has 0 unspecified atom stereocenters.